The van der Waals surface area contributed by atoms with Gasteiger partial charge in [0.1, 0.15) is 0 Å². The maximum Gasteiger partial charge on any atom is 0.0948 e. The van der Waals surface area contributed by atoms with Crippen molar-refractivity contribution in [2.75, 3.05) is 20.6 Å². The third kappa shape index (κ3) is 3.84. The molecule has 0 bridgehead atoms. The highest BCUT2D eigenvalue weighted by Gasteiger charge is 2.20. The van der Waals surface area contributed by atoms with Crippen molar-refractivity contribution < 1.29 is 0 Å². The van der Waals surface area contributed by atoms with Gasteiger partial charge in [0.15, 0.2) is 0 Å². The Kier molecular flexibility index (Phi) is 4.17. The fraction of sp³-hybridized carbons (Fsp3) is 0.727. The monoisotopic (exact) mass is 229 g/mol. The second-order valence-electron chi connectivity index (χ2n) is 5.05. The van der Waals surface area contributed by atoms with Crippen LogP contribution in [-0.4, -0.2) is 35.1 Å². The van der Waals surface area contributed by atoms with Gasteiger partial charge in [0.05, 0.1) is 17.9 Å². The van der Waals surface area contributed by atoms with Crippen molar-refractivity contribution in [2.24, 2.45) is 5.41 Å². The van der Waals surface area contributed by atoms with Crippen LogP contribution in [0.3, 0.4) is 0 Å². The number of rotatable bonds is 5. The molecular formula is C11H20ClN3. The Hall–Kier alpha value is -0.540. The number of imidazole rings is 1. The number of nitrogens with zero attached hydrogens (tertiary/aromatic N) is 3. The van der Waals surface area contributed by atoms with E-state index in [1.54, 1.807) is 0 Å². The van der Waals surface area contributed by atoms with E-state index in [1.807, 2.05) is 12.5 Å². The lowest BCUT2D eigenvalue weighted by Crippen LogP contribution is -2.32. The van der Waals surface area contributed by atoms with Crippen LogP contribution in [-0.2, 0) is 12.4 Å². The average molecular weight is 230 g/mol. The van der Waals surface area contributed by atoms with Crippen molar-refractivity contribution >= 4 is 11.6 Å². The number of hydrogen-bond donors (Lipinski definition) is 0. The number of hydrogen-bond acceptors (Lipinski definition) is 2. The second-order valence-corrected chi connectivity index (χ2v) is 5.32. The highest BCUT2D eigenvalue weighted by atomic mass is 35.5. The Morgan fingerprint density at radius 2 is 2.13 bits per heavy atom. The summed E-state index contributed by atoms with van der Waals surface area (Å²) >= 11 is 5.84. The molecular weight excluding hydrogens is 210 g/mol. The molecule has 0 aromatic carbocycles. The van der Waals surface area contributed by atoms with Crippen LogP contribution in [0.2, 0.25) is 0 Å². The van der Waals surface area contributed by atoms with Crippen LogP contribution < -0.4 is 0 Å². The molecule has 0 fully saturated rings. The van der Waals surface area contributed by atoms with E-state index in [4.69, 9.17) is 11.6 Å². The van der Waals surface area contributed by atoms with E-state index in [1.165, 1.54) is 0 Å². The largest absolute Gasteiger partial charge is 0.333 e. The Bertz CT molecular complexity index is 305. The molecule has 0 unspecified atom stereocenters. The lowest BCUT2D eigenvalue weighted by Gasteiger charge is -2.29. The van der Waals surface area contributed by atoms with Gasteiger partial charge in [0.2, 0.25) is 0 Å². The summed E-state index contributed by atoms with van der Waals surface area (Å²) < 4.78 is 2.14. The van der Waals surface area contributed by atoms with Crippen molar-refractivity contribution in [1.82, 2.24) is 14.5 Å². The molecule has 15 heavy (non-hydrogen) atoms. The van der Waals surface area contributed by atoms with Gasteiger partial charge in [-0.25, -0.2) is 4.98 Å². The smallest absolute Gasteiger partial charge is 0.0948 e. The molecule has 0 atom stereocenters. The Labute approximate surface area is 97.1 Å². The van der Waals surface area contributed by atoms with Gasteiger partial charge in [-0.1, -0.05) is 13.8 Å². The molecule has 3 nitrogen and oxygen atoms in total. The van der Waals surface area contributed by atoms with Gasteiger partial charge in [0, 0.05) is 19.3 Å². The fourth-order valence-corrected chi connectivity index (χ4v) is 2.19. The van der Waals surface area contributed by atoms with E-state index in [9.17, 15) is 0 Å². The summed E-state index contributed by atoms with van der Waals surface area (Å²) in [6, 6.07) is 0. The van der Waals surface area contributed by atoms with Crippen LogP contribution >= 0.6 is 11.6 Å². The van der Waals surface area contributed by atoms with Crippen LogP contribution in [0.5, 0.6) is 0 Å². The van der Waals surface area contributed by atoms with E-state index < -0.39 is 0 Å². The van der Waals surface area contributed by atoms with E-state index in [-0.39, 0.29) is 5.41 Å². The molecule has 0 spiro atoms. The molecule has 1 heterocycles. The molecule has 0 N–H and O–H groups in total. The van der Waals surface area contributed by atoms with Crippen LogP contribution in [0, 0.1) is 5.41 Å². The minimum atomic E-state index is 0.227. The summed E-state index contributed by atoms with van der Waals surface area (Å²) in [5.41, 5.74) is 1.31. The first-order valence-electron chi connectivity index (χ1n) is 5.14. The summed E-state index contributed by atoms with van der Waals surface area (Å²) in [5, 5.41) is 0. The zero-order valence-electron chi connectivity index (χ0n) is 10.00. The molecule has 4 heteroatoms. The molecule has 0 aliphatic heterocycles. The highest BCUT2D eigenvalue weighted by Crippen LogP contribution is 2.20. The molecule has 0 aliphatic rings. The Morgan fingerprint density at radius 1 is 1.47 bits per heavy atom. The number of alkyl halides is 1. The second kappa shape index (κ2) is 4.99. The first-order valence-corrected chi connectivity index (χ1v) is 5.68. The number of aromatic nitrogens is 2. The molecule has 0 amide bonds. The Morgan fingerprint density at radius 3 is 2.67 bits per heavy atom. The van der Waals surface area contributed by atoms with Crippen LogP contribution in [0.15, 0.2) is 12.5 Å². The van der Waals surface area contributed by atoms with Crippen molar-refractivity contribution in [2.45, 2.75) is 26.3 Å². The van der Waals surface area contributed by atoms with E-state index in [2.05, 4.69) is 42.4 Å². The fourth-order valence-electron chi connectivity index (χ4n) is 1.97. The maximum absolute atomic E-state index is 5.84. The first-order chi connectivity index (χ1) is 6.94. The van der Waals surface area contributed by atoms with Crippen molar-refractivity contribution in [1.29, 1.82) is 0 Å². The predicted octanol–water partition coefficient (Wildman–Crippen LogP) is 2.21. The number of halogens is 1. The molecule has 1 rings (SSSR count). The summed E-state index contributed by atoms with van der Waals surface area (Å²) in [4.78, 5) is 6.33. The third-order valence-electron chi connectivity index (χ3n) is 2.28. The quantitative estimate of drug-likeness (QED) is 0.722. The summed E-state index contributed by atoms with van der Waals surface area (Å²) in [6.45, 7) is 6.51. The SMILES string of the molecule is CN(C)CC(C)(C)Cn1cncc1CCl. The van der Waals surface area contributed by atoms with E-state index in [0.717, 1.165) is 18.8 Å². The van der Waals surface area contributed by atoms with Crippen molar-refractivity contribution in [3.63, 3.8) is 0 Å². The molecule has 0 saturated heterocycles. The molecule has 0 saturated carbocycles. The minimum absolute atomic E-state index is 0.227. The van der Waals surface area contributed by atoms with E-state index in [0.29, 0.717) is 5.88 Å². The standard InChI is InChI=1S/C11H20ClN3/c1-11(2,7-14(3)4)8-15-9-13-6-10(15)5-12/h6,9H,5,7-8H2,1-4H3. The Balaban J connectivity index is 2.68. The van der Waals surface area contributed by atoms with Crippen LogP contribution in [0.4, 0.5) is 0 Å². The maximum atomic E-state index is 5.84. The topological polar surface area (TPSA) is 21.1 Å². The van der Waals surface area contributed by atoms with Gasteiger partial charge in [0.25, 0.3) is 0 Å². The van der Waals surface area contributed by atoms with Crippen LogP contribution in [0.25, 0.3) is 0 Å². The summed E-state index contributed by atoms with van der Waals surface area (Å²) in [6.07, 6.45) is 3.69. The lowest BCUT2D eigenvalue weighted by molar-refractivity contribution is 0.210. The predicted molar refractivity (Wildman–Crippen MR) is 64.1 cm³/mol. The zero-order chi connectivity index (χ0) is 11.5. The van der Waals surface area contributed by atoms with E-state index >= 15 is 0 Å². The van der Waals surface area contributed by atoms with Crippen molar-refractivity contribution in [3.8, 4) is 0 Å². The van der Waals surface area contributed by atoms with Gasteiger partial charge >= 0.3 is 0 Å². The molecule has 86 valence electrons. The molecule has 0 radical (unpaired) electrons. The van der Waals surface area contributed by atoms with Crippen molar-refractivity contribution in [3.05, 3.63) is 18.2 Å². The average Bonchev–Trinajstić information content (AvgIpc) is 2.48. The van der Waals surface area contributed by atoms with Gasteiger partial charge < -0.3 is 9.47 Å². The minimum Gasteiger partial charge on any atom is -0.333 e. The van der Waals surface area contributed by atoms with Crippen LogP contribution in [0.1, 0.15) is 19.5 Å². The third-order valence-corrected chi connectivity index (χ3v) is 2.55. The van der Waals surface area contributed by atoms with Gasteiger partial charge in [-0.3, -0.25) is 0 Å². The molecule has 1 aromatic heterocycles. The van der Waals surface area contributed by atoms with Gasteiger partial charge in [-0.15, -0.1) is 11.6 Å². The van der Waals surface area contributed by atoms with Gasteiger partial charge in [-0.2, -0.15) is 0 Å². The molecule has 0 aliphatic carbocycles. The van der Waals surface area contributed by atoms with Gasteiger partial charge in [-0.05, 0) is 19.5 Å². The lowest BCUT2D eigenvalue weighted by atomic mass is 9.93. The zero-order valence-corrected chi connectivity index (χ0v) is 10.8. The summed E-state index contributed by atoms with van der Waals surface area (Å²) in [5.74, 6) is 0.526. The summed E-state index contributed by atoms with van der Waals surface area (Å²) in [7, 11) is 4.19. The normalized spacial score (nSPS) is 12.4. The first kappa shape index (κ1) is 12.5. The highest BCUT2D eigenvalue weighted by molar-refractivity contribution is 6.16. The molecule has 1 aromatic rings.